The Morgan fingerprint density at radius 1 is 1.83 bits per heavy atom. The zero-order valence-electron chi connectivity index (χ0n) is 3.82. The molecule has 0 unspecified atom stereocenters. The van der Waals surface area contributed by atoms with Gasteiger partial charge in [0.25, 0.3) is 0 Å². The van der Waals surface area contributed by atoms with E-state index < -0.39 is 0 Å². The van der Waals surface area contributed by atoms with Crippen LogP contribution in [-0.2, 0) is 4.74 Å². The van der Waals surface area contributed by atoms with Gasteiger partial charge in [-0.3, -0.25) is 0 Å². The average molecular weight is 83.1 g/mol. The van der Waals surface area contributed by atoms with Gasteiger partial charge in [-0.1, -0.05) is 5.92 Å². The van der Waals surface area contributed by atoms with Gasteiger partial charge in [-0.05, 0) is 6.92 Å². The third-order valence-corrected chi connectivity index (χ3v) is 0.299. The highest BCUT2D eigenvalue weighted by Gasteiger charge is 1.55. The molecule has 1 nitrogen and oxygen atoms in total. The van der Waals surface area contributed by atoms with Crippen LogP contribution in [-0.4, -0.2) is 7.11 Å². The summed E-state index contributed by atoms with van der Waals surface area (Å²) in [5.41, 5.74) is 0. The van der Waals surface area contributed by atoms with E-state index in [0.29, 0.717) is 6.42 Å². The fourth-order valence-corrected chi connectivity index (χ4v) is 0.123. The van der Waals surface area contributed by atoms with E-state index in [1.807, 2.05) is 0 Å². The number of ether oxygens (including phenoxy) is 1. The maximum Gasteiger partial charge on any atom is 0.109 e. The van der Waals surface area contributed by atoms with Crippen LogP contribution in [0.3, 0.4) is 0 Å². The molecule has 0 bridgehead atoms. The van der Waals surface area contributed by atoms with E-state index >= 15 is 0 Å². The Morgan fingerprint density at radius 3 is 2.67 bits per heavy atom. The molecular formula is C5H7O. The van der Waals surface area contributed by atoms with Gasteiger partial charge in [0, 0.05) is 6.42 Å². The van der Waals surface area contributed by atoms with Crippen LogP contribution in [0.15, 0.2) is 0 Å². The molecule has 0 aromatic rings. The summed E-state index contributed by atoms with van der Waals surface area (Å²) < 4.78 is 4.38. The van der Waals surface area contributed by atoms with Crippen LogP contribution in [0, 0.1) is 19.0 Å². The van der Waals surface area contributed by atoms with Gasteiger partial charge in [0.05, 0.1) is 7.11 Å². The Bertz CT molecular complexity index is 57.7. The van der Waals surface area contributed by atoms with Gasteiger partial charge < -0.3 is 4.74 Å². The minimum absolute atomic E-state index is 0.619. The largest absolute Gasteiger partial charge is 0.450 e. The van der Waals surface area contributed by atoms with Crippen molar-refractivity contribution in [2.75, 3.05) is 7.11 Å². The molecule has 0 fully saturated rings. The minimum atomic E-state index is 0.619. The van der Waals surface area contributed by atoms with Crippen molar-refractivity contribution < 1.29 is 4.74 Å². The molecule has 0 rings (SSSR count). The average Bonchev–Trinajstić information content (AvgIpc) is 1.61. The third-order valence-electron chi connectivity index (χ3n) is 0.299. The zero-order valence-corrected chi connectivity index (χ0v) is 3.82. The molecule has 0 aliphatic carbocycles. The van der Waals surface area contributed by atoms with E-state index in [0.717, 1.165) is 0 Å². The fraction of sp³-hybridized carbons (Fsp3) is 0.400. The van der Waals surface area contributed by atoms with Gasteiger partial charge in [-0.25, -0.2) is 0 Å². The van der Waals surface area contributed by atoms with Crippen LogP contribution in [0.4, 0.5) is 0 Å². The topological polar surface area (TPSA) is 9.23 Å². The maximum atomic E-state index is 4.38. The van der Waals surface area contributed by atoms with E-state index in [1.54, 1.807) is 0 Å². The van der Waals surface area contributed by atoms with Crippen molar-refractivity contribution in [3.05, 3.63) is 6.92 Å². The lowest BCUT2D eigenvalue weighted by atomic mass is 10.5. The predicted octanol–water partition coefficient (Wildman–Crippen LogP) is 0.818. The molecule has 6 heavy (non-hydrogen) atoms. The number of hydrogen-bond donors (Lipinski definition) is 0. The lowest BCUT2D eigenvalue weighted by molar-refractivity contribution is 0.372. The summed E-state index contributed by atoms with van der Waals surface area (Å²) in [6, 6.07) is 0. The van der Waals surface area contributed by atoms with E-state index in [4.69, 9.17) is 0 Å². The molecule has 0 saturated carbocycles. The first-order valence-electron chi connectivity index (χ1n) is 1.72. The van der Waals surface area contributed by atoms with Crippen LogP contribution in [0.25, 0.3) is 0 Å². The summed E-state index contributed by atoms with van der Waals surface area (Å²) in [5.74, 6) is 2.61. The van der Waals surface area contributed by atoms with Crippen LogP contribution < -0.4 is 0 Å². The molecule has 0 spiro atoms. The smallest absolute Gasteiger partial charge is 0.109 e. The number of hydrogen-bond acceptors (Lipinski definition) is 1. The van der Waals surface area contributed by atoms with Crippen molar-refractivity contribution in [3.8, 4) is 12.0 Å². The summed E-state index contributed by atoms with van der Waals surface area (Å²) in [4.78, 5) is 0. The quantitative estimate of drug-likeness (QED) is 0.394. The lowest BCUT2D eigenvalue weighted by Crippen LogP contribution is -1.62. The van der Waals surface area contributed by atoms with Gasteiger partial charge in [-0.2, -0.15) is 0 Å². The first-order chi connectivity index (χ1) is 2.91. The normalized spacial score (nSPS) is 5.67. The fourth-order valence-electron chi connectivity index (χ4n) is 0.123. The van der Waals surface area contributed by atoms with E-state index in [1.165, 1.54) is 7.11 Å². The molecule has 1 heteroatoms. The molecule has 1 radical (unpaired) electrons. The molecule has 0 aromatic heterocycles. The van der Waals surface area contributed by atoms with E-state index in [-0.39, 0.29) is 0 Å². The second-order valence-electron chi connectivity index (χ2n) is 0.733. The summed E-state index contributed by atoms with van der Waals surface area (Å²) >= 11 is 0. The Balaban J connectivity index is 2.90. The third kappa shape index (κ3) is 3.36. The van der Waals surface area contributed by atoms with E-state index in [9.17, 15) is 0 Å². The first-order valence-corrected chi connectivity index (χ1v) is 1.72. The minimum Gasteiger partial charge on any atom is -0.450 e. The SMILES string of the molecule is [CH2]CC#COC. The number of rotatable bonds is 0. The predicted molar refractivity (Wildman–Crippen MR) is 24.8 cm³/mol. The molecule has 0 amide bonds. The monoisotopic (exact) mass is 83.0 g/mol. The molecule has 0 N–H and O–H groups in total. The zero-order chi connectivity index (χ0) is 4.83. The van der Waals surface area contributed by atoms with Crippen LogP contribution in [0.2, 0.25) is 0 Å². The standard InChI is InChI=1S/C5H7O/c1-3-4-5-6-2/h1,3H2,2H3. The highest BCUT2D eigenvalue weighted by atomic mass is 16.5. The maximum absolute atomic E-state index is 4.38. The first kappa shape index (κ1) is 5.36. The molecule has 0 aliphatic heterocycles. The second-order valence-corrected chi connectivity index (χ2v) is 0.733. The molecule has 0 aromatic carbocycles. The van der Waals surface area contributed by atoms with Gasteiger partial charge in [0.15, 0.2) is 0 Å². The van der Waals surface area contributed by atoms with Gasteiger partial charge in [0.1, 0.15) is 6.11 Å². The molecule has 0 heterocycles. The van der Waals surface area contributed by atoms with Gasteiger partial charge >= 0.3 is 0 Å². The molecule has 0 saturated heterocycles. The molecule has 33 valence electrons. The van der Waals surface area contributed by atoms with Crippen LogP contribution >= 0.6 is 0 Å². The van der Waals surface area contributed by atoms with Crippen molar-refractivity contribution in [3.63, 3.8) is 0 Å². The number of methoxy groups -OCH3 is 1. The van der Waals surface area contributed by atoms with E-state index in [2.05, 4.69) is 23.7 Å². The Labute approximate surface area is 38.3 Å². The Kier molecular flexibility index (Phi) is 3.89. The van der Waals surface area contributed by atoms with Gasteiger partial charge in [-0.15, -0.1) is 0 Å². The summed E-state index contributed by atoms with van der Waals surface area (Å²) in [7, 11) is 1.53. The van der Waals surface area contributed by atoms with Crippen LogP contribution in [0.1, 0.15) is 6.42 Å². The highest BCUT2D eigenvalue weighted by molar-refractivity contribution is 4.91. The van der Waals surface area contributed by atoms with Crippen molar-refractivity contribution in [1.29, 1.82) is 0 Å². The van der Waals surface area contributed by atoms with Crippen molar-refractivity contribution in [1.82, 2.24) is 0 Å². The molecule has 0 atom stereocenters. The van der Waals surface area contributed by atoms with Crippen molar-refractivity contribution >= 4 is 0 Å². The highest BCUT2D eigenvalue weighted by Crippen LogP contribution is 1.63. The van der Waals surface area contributed by atoms with Crippen molar-refractivity contribution in [2.45, 2.75) is 6.42 Å². The van der Waals surface area contributed by atoms with Crippen LogP contribution in [0.5, 0.6) is 0 Å². The summed E-state index contributed by atoms with van der Waals surface area (Å²) in [6.07, 6.45) is 3.00. The lowest BCUT2D eigenvalue weighted by Gasteiger charge is -1.72. The second kappa shape index (κ2) is 4.36. The summed E-state index contributed by atoms with van der Waals surface area (Å²) in [6.45, 7) is 3.47. The Hall–Kier alpha value is -0.640. The summed E-state index contributed by atoms with van der Waals surface area (Å²) in [5, 5.41) is 0. The van der Waals surface area contributed by atoms with Crippen molar-refractivity contribution in [2.24, 2.45) is 0 Å². The Morgan fingerprint density at radius 2 is 2.50 bits per heavy atom. The molecular weight excluding hydrogens is 76.1 g/mol. The van der Waals surface area contributed by atoms with Gasteiger partial charge in [0.2, 0.25) is 0 Å². The molecule has 0 aliphatic rings.